The number of amides is 2. The molecule has 4 aromatic rings. The number of rotatable bonds is 4. The Hall–Kier alpha value is -3.57. The first-order valence-corrected chi connectivity index (χ1v) is 10.4. The second-order valence-corrected chi connectivity index (χ2v) is 7.99. The fraction of sp³-hybridized carbons (Fsp3) is 0.0400. The van der Waals surface area contributed by atoms with E-state index in [1.54, 1.807) is 6.08 Å². The van der Waals surface area contributed by atoms with Gasteiger partial charge in [-0.15, -0.1) is 0 Å². The molecular weight excluding hydrogens is 394 g/mol. The minimum atomic E-state index is -0.377. The third-order valence-corrected chi connectivity index (χ3v) is 5.92. The Bertz CT molecular complexity index is 1340. The molecule has 0 unspecified atom stereocenters. The highest BCUT2D eigenvalue weighted by Crippen LogP contribution is 2.34. The summed E-state index contributed by atoms with van der Waals surface area (Å²) >= 11 is 0.908. The standard InChI is InChI=1S/C25H17NO3S/c27-24-23(30-25(28)26-24)14-21-20-11-4-2-7-17(20)12-13-22(21)29-15-18-9-5-8-16-6-1-3-10-19(16)18/h1-14H,15H2,(H,26,27,28)/b23-14-. The Kier molecular flexibility index (Phi) is 4.73. The molecule has 1 aliphatic heterocycles. The average molecular weight is 411 g/mol. The molecule has 4 aromatic carbocycles. The fourth-order valence-corrected chi connectivity index (χ4v) is 4.34. The summed E-state index contributed by atoms with van der Waals surface area (Å²) in [5.74, 6) is 0.292. The number of hydrogen-bond donors (Lipinski definition) is 1. The van der Waals surface area contributed by atoms with Crippen LogP contribution in [0.25, 0.3) is 27.6 Å². The van der Waals surface area contributed by atoms with Gasteiger partial charge in [0.15, 0.2) is 0 Å². The van der Waals surface area contributed by atoms with Crippen LogP contribution >= 0.6 is 11.8 Å². The largest absolute Gasteiger partial charge is 0.488 e. The van der Waals surface area contributed by atoms with Gasteiger partial charge in [0.25, 0.3) is 11.1 Å². The number of fused-ring (bicyclic) bond motifs is 2. The molecule has 146 valence electrons. The number of ether oxygens (including phenoxy) is 1. The quantitative estimate of drug-likeness (QED) is 0.425. The summed E-state index contributed by atoms with van der Waals surface area (Å²) in [6, 6.07) is 26.2. The number of imide groups is 1. The van der Waals surface area contributed by atoms with Crippen molar-refractivity contribution in [1.82, 2.24) is 5.32 Å². The Labute approximate surface area is 177 Å². The monoisotopic (exact) mass is 411 g/mol. The van der Waals surface area contributed by atoms with E-state index in [0.717, 1.165) is 44.4 Å². The van der Waals surface area contributed by atoms with Crippen molar-refractivity contribution in [3.63, 3.8) is 0 Å². The molecule has 5 heteroatoms. The molecule has 0 spiro atoms. The molecule has 5 rings (SSSR count). The van der Waals surface area contributed by atoms with Crippen molar-refractivity contribution in [3.8, 4) is 5.75 Å². The van der Waals surface area contributed by atoms with Crippen LogP contribution in [0.1, 0.15) is 11.1 Å². The van der Waals surface area contributed by atoms with E-state index in [0.29, 0.717) is 17.3 Å². The summed E-state index contributed by atoms with van der Waals surface area (Å²) in [6.45, 7) is 0.397. The van der Waals surface area contributed by atoms with E-state index in [9.17, 15) is 9.59 Å². The number of hydrogen-bond acceptors (Lipinski definition) is 4. The highest BCUT2D eigenvalue weighted by atomic mass is 32.2. The summed E-state index contributed by atoms with van der Waals surface area (Å²) in [4.78, 5) is 24.1. The highest BCUT2D eigenvalue weighted by Gasteiger charge is 2.25. The lowest BCUT2D eigenvalue weighted by atomic mass is 10.0. The van der Waals surface area contributed by atoms with Gasteiger partial charge in [0.1, 0.15) is 12.4 Å². The van der Waals surface area contributed by atoms with Gasteiger partial charge in [-0.2, -0.15) is 0 Å². The second kappa shape index (κ2) is 7.69. The maximum Gasteiger partial charge on any atom is 0.290 e. The predicted molar refractivity (Wildman–Crippen MR) is 121 cm³/mol. The molecule has 1 heterocycles. The van der Waals surface area contributed by atoms with Crippen LogP contribution in [0, 0.1) is 0 Å². The van der Waals surface area contributed by atoms with E-state index >= 15 is 0 Å². The highest BCUT2D eigenvalue weighted by molar-refractivity contribution is 8.18. The van der Waals surface area contributed by atoms with Gasteiger partial charge in [-0.3, -0.25) is 14.9 Å². The lowest BCUT2D eigenvalue weighted by Gasteiger charge is -2.14. The van der Waals surface area contributed by atoms with E-state index in [4.69, 9.17) is 4.74 Å². The molecule has 0 aliphatic carbocycles. The van der Waals surface area contributed by atoms with E-state index < -0.39 is 0 Å². The SMILES string of the molecule is O=C1NC(=O)/C(=C/c2c(OCc3cccc4ccccc34)ccc3ccccc23)S1. The fourth-order valence-electron chi connectivity index (χ4n) is 3.68. The van der Waals surface area contributed by atoms with Crippen molar-refractivity contribution >= 4 is 50.5 Å². The van der Waals surface area contributed by atoms with Crippen molar-refractivity contribution in [2.24, 2.45) is 0 Å². The van der Waals surface area contributed by atoms with Crippen LogP contribution in [0.3, 0.4) is 0 Å². The summed E-state index contributed by atoms with van der Waals surface area (Å²) in [5, 5.41) is 6.27. The molecule has 1 N–H and O–H groups in total. The van der Waals surface area contributed by atoms with Gasteiger partial charge in [-0.25, -0.2) is 0 Å². The van der Waals surface area contributed by atoms with Crippen LogP contribution in [0.15, 0.2) is 83.8 Å². The molecule has 4 nitrogen and oxygen atoms in total. The second-order valence-electron chi connectivity index (χ2n) is 6.98. The normalized spacial score (nSPS) is 15.1. The third-order valence-electron chi connectivity index (χ3n) is 5.11. The molecule has 0 saturated carbocycles. The van der Waals surface area contributed by atoms with Gasteiger partial charge in [0.2, 0.25) is 0 Å². The molecule has 1 fully saturated rings. The zero-order chi connectivity index (χ0) is 20.5. The summed E-state index contributed by atoms with van der Waals surface area (Å²) in [6.07, 6.45) is 1.74. The maximum atomic E-state index is 12.1. The summed E-state index contributed by atoms with van der Waals surface area (Å²) in [7, 11) is 0. The van der Waals surface area contributed by atoms with Gasteiger partial charge >= 0.3 is 0 Å². The molecular formula is C25H17NO3S. The van der Waals surface area contributed by atoms with Crippen molar-refractivity contribution < 1.29 is 14.3 Å². The van der Waals surface area contributed by atoms with Crippen molar-refractivity contribution in [2.45, 2.75) is 6.61 Å². The maximum absolute atomic E-state index is 12.1. The lowest BCUT2D eigenvalue weighted by molar-refractivity contribution is -0.115. The van der Waals surface area contributed by atoms with E-state index in [-0.39, 0.29) is 11.1 Å². The number of carbonyl (C=O) groups is 2. The first-order valence-electron chi connectivity index (χ1n) is 9.55. The summed E-state index contributed by atoms with van der Waals surface area (Å²) in [5.41, 5.74) is 1.88. The van der Waals surface area contributed by atoms with Gasteiger partial charge in [-0.1, -0.05) is 72.8 Å². The van der Waals surface area contributed by atoms with Crippen LogP contribution in [-0.4, -0.2) is 11.1 Å². The third kappa shape index (κ3) is 3.44. The Morgan fingerprint density at radius 3 is 2.27 bits per heavy atom. The van der Waals surface area contributed by atoms with Gasteiger partial charge in [-0.05, 0) is 51.0 Å². The Morgan fingerprint density at radius 2 is 1.50 bits per heavy atom. The molecule has 2 amide bonds. The summed E-state index contributed by atoms with van der Waals surface area (Å²) < 4.78 is 6.24. The van der Waals surface area contributed by atoms with E-state index in [1.165, 1.54) is 0 Å². The number of thioether (sulfide) groups is 1. The minimum Gasteiger partial charge on any atom is -0.488 e. The number of nitrogens with one attached hydrogen (secondary N) is 1. The topological polar surface area (TPSA) is 55.4 Å². The molecule has 1 saturated heterocycles. The molecule has 30 heavy (non-hydrogen) atoms. The van der Waals surface area contributed by atoms with Gasteiger partial charge in [0.05, 0.1) is 4.91 Å². The van der Waals surface area contributed by atoms with Crippen LogP contribution in [0.5, 0.6) is 5.75 Å². The van der Waals surface area contributed by atoms with Gasteiger partial charge in [0, 0.05) is 5.56 Å². The Morgan fingerprint density at radius 1 is 0.800 bits per heavy atom. The zero-order valence-electron chi connectivity index (χ0n) is 15.9. The van der Waals surface area contributed by atoms with E-state index in [2.05, 4.69) is 29.6 Å². The molecule has 0 aromatic heterocycles. The minimum absolute atomic E-state index is 0.357. The predicted octanol–water partition coefficient (Wildman–Crippen LogP) is 5.90. The molecule has 0 atom stereocenters. The van der Waals surface area contributed by atoms with Gasteiger partial charge < -0.3 is 4.74 Å². The van der Waals surface area contributed by atoms with Crippen molar-refractivity contribution in [1.29, 1.82) is 0 Å². The lowest BCUT2D eigenvalue weighted by Crippen LogP contribution is -2.17. The van der Waals surface area contributed by atoms with Crippen LogP contribution in [-0.2, 0) is 11.4 Å². The Balaban J connectivity index is 1.56. The first kappa shape index (κ1) is 18.5. The molecule has 0 bridgehead atoms. The number of carbonyl (C=O) groups excluding carboxylic acids is 2. The smallest absolute Gasteiger partial charge is 0.290 e. The van der Waals surface area contributed by atoms with Crippen LogP contribution < -0.4 is 10.1 Å². The average Bonchev–Trinajstić information content (AvgIpc) is 3.09. The molecule has 1 aliphatic rings. The van der Waals surface area contributed by atoms with Crippen molar-refractivity contribution in [3.05, 3.63) is 94.9 Å². The molecule has 0 radical (unpaired) electrons. The van der Waals surface area contributed by atoms with Crippen LogP contribution in [0.4, 0.5) is 4.79 Å². The van der Waals surface area contributed by atoms with Crippen molar-refractivity contribution in [2.75, 3.05) is 0 Å². The first-order chi connectivity index (χ1) is 14.7. The zero-order valence-corrected chi connectivity index (χ0v) is 16.7. The van der Waals surface area contributed by atoms with E-state index in [1.807, 2.05) is 54.6 Å². The van der Waals surface area contributed by atoms with Crippen LogP contribution in [0.2, 0.25) is 0 Å². The number of benzene rings is 4.